The third kappa shape index (κ3) is 4.43. The van der Waals surface area contributed by atoms with Crippen molar-refractivity contribution in [2.45, 2.75) is 58.3 Å². The predicted octanol–water partition coefficient (Wildman–Crippen LogP) is 1.62. The van der Waals surface area contributed by atoms with Crippen LogP contribution in [0.15, 0.2) is 0 Å². The number of hydrogen-bond acceptors (Lipinski definition) is 4. The Labute approximate surface area is 123 Å². The highest BCUT2D eigenvalue weighted by Crippen LogP contribution is 2.21. The van der Waals surface area contributed by atoms with Crippen LogP contribution in [-0.2, 0) is 14.3 Å². The molecule has 1 heterocycles. The lowest BCUT2D eigenvalue weighted by Crippen LogP contribution is -2.46. The molecule has 3 unspecified atom stereocenters. The maximum atomic E-state index is 12.5. The lowest BCUT2D eigenvalue weighted by Gasteiger charge is -2.30. The van der Waals surface area contributed by atoms with Gasteiger partial charge in [0, 0.05) is 14.2 Å². The highest BCUT2D eigenvalue weighted by atomic mass is 16.5. The largest absolute Gasteiger partial charge is 0.382 e. The van der Waals surface area contributed by atoms with Crippen LogP contribution in [-0.4, -0.2) is 56.5 Å². The van der Waals surface area contributed by atoms with Gasteiger partial charge in [-0.05, 0) is 12.3 Å². The van der Waals surface area contributed by atoms with Gasteiger partial charge in [-0.1, -0.05) is 33.6 Å². The number of amides is 1. The molecule has 0 spiro atoms. The first-order chi connectivity index (χ1) is 9.54. The number of unbranched alkanes of at least 4 members (excludes halogenated alkanes) is 1. The summed E-state index contributed by atoms with van der Waals surface area (Å²) in [7, 11) is 3.32. The van der Waals surface area contributed by atoms with Crippen LogP contribution < -0.4 is 5.32 Å². The molecule has 5 nitrogen and oxygen atoms in total. The van der Waals surface area contributed by atoms with Crippen LogP contribution in [0, 0.1) is 5.92 Å². The Hall–Kier alpha value is -0.650. The minimum absolute atomic E-state index is 0.0394. The Balaban J connectivity index is 2.70. The Kier molecular flexibility index (Phi) is 7.48. The molecule has 20 heavy (non-hydrogen) atoms. The Morgan fingerprint density at radius 1 is 1.35 bits per heavy atom. The minimum atomic E-state index is -0.0723. The van der Waals surface area contributed by atoms with Crippen LogP contribution in [0.5, 0.6) is 0 Å². The summed E-state index contributed by atoms with van der Waals surface area (Å²) in [6, 6.07) is -0.0394. The molecule has 0 aromatic rings. The van der Waals surface area contributed by atoms with Crippen LogP contribution in [0.1, 0.15) is 40.0 Å². The van der Waals surface area contributed by atoms with Crippen molar-refractivity contribution in [1.29, 1.82) is 0 Å². The minimum Gasteiger partial charge on any atom is -0.382 e. The number of carbonyl (C=O) groups excluding carboxylic acids is 1. The number of methoxy groups -OCH3 is 2. The quantitative estimate of drug-likeness (QED) is 0.700. The van der Waals surface area contributed by atoms with E-state index in [1.165, 1.54) is 0 Å². The maximum Gasteiger partial charge on any atom is 0.241 e. The highest BCUT2D eigenvalue weighted by Gasteiger charge is 2.40. The first kappa shape index (κ1) is 17.4. The van der Waals surface area contributed by atoms with E-state index in [4.69, 9.17) is 9.47 Å². The average molecular weight is 286 g/mol. The summed E-state index contributed by atoms with van der Waals surface area (Å²) in [4.78, 5) is 14.5. The fourth-order valence-electron chi connectivity index (χ4n) is 2.68. The van der Waals surface area contributed by atoms with Gasteiger partial charge >= 0.3 is 0 Å². The summed E-state index contributed by atoms with van der Waals surface area (Å²) in [5.41, 5.74) is 0. The predicted molar refractivity (Wildman–Crippen MR) is 79.5 cm³/mol. The normalized spacial score (nSPS) is 24.7. The number of rotatable bonds is 9. The molecule has 1 aliphatic rings. The van der Waals surface area contributed by atoms with Gasteiger partial charge in [-0.3, -0.25) is 10.1 Å². The molecule has 1 saturated heterocycles. The molecule has 0 bridgehead atoms. The van der Waals surface area contributed by atoms with Gasteiger partial charge in [-0.2, -0.15) is 0 Å². The van der Waals surface area contributed by atoms with E-state index < -0.39 is 0 Å². The summed E-state index contributed by atoms with van der Waals surface area (Å²) in [6.45, 7) is 7.51. The molecule has 0 radical (unpaired) electrons. The van der Waals surface area contributed by atoms with Gasteiger partial charge in [0.2, 0.25) is 5.91 Å². The molecule has 1 aliphatic heterocycles. The Morgan fingerprint density at radius 2 is 2.05 bits per heavy atom. The number of ether oxygens (including phenoxy) is 2. The zero-order valence-corrected chi connectivity index (χ0v) is 13.5. The lowest BCUT2D eigenvalue weighted by atomic mass is 10.1. The van der Waals surface area contributed by atoms with E-state index in [-0.39, 0.29) is 24.2 Å². The average Bonchev–Trinajstić information content (AvgIpc) is 2.73. The summed E-state index contributed by atoms with van der Waals surface area (Å²) in [5.74, 6) is 0.584. The van der Waals surface area contributed by atoms with Gasteiger partial charge in [0.25, 0.3) is 0 Å². The van der Waals surface area contributed by atoms with Crippen LogP contribution in [0.2, 0.25) is 0 Å². The van der Waals surface area contributed by atoms with Crippen molar-refractivity contribution < 1.29 is 14.3 Å². The molecule has 1 amide bonds. The summed E-state index contributed by atoms with van der Waals surface area (Å²) in [6.07, 6.45) is 3.13. The maximum absolute atomic E-state index is 12.5. The second kappa shape index (κ2) is 8.60. The standard InChI is InChI=1S/C15H30N2O3/c1-6-7-8-13-15(18)17(14(16-13)11(2)3)9-12(20-5)10-19-4/h11-14,16H,6-10H2,1-5H3. The first-order valence-electron chi connectivity index (χ1n) is 7.63. The van der Waals surface area contributed by atoms with Crippen molar-refractivity contribution >= 4 is 5.91 Å². The zero-order chi connectivity index (χ0) is 15.1. The Morgan fingerprint density at radius 3 is 2.55 bits per heavy atom. The summed E-state index contributed by atoms with van der Waals surface area (Å²) in [5, 5.41) is 3.48. The van der Waals surface area contributed by atoms with Crippen molar-refractivity contribution in [3.05, 3.63) is 0 Å². The van der Waals surface area contributed by atoms with E-state index in [1.54, 1.807) is 14.2 Å². The van der Waals surface area contributed by atoms with E-state index in [2.05, 4.69) is 26.1 Å². The van der Waals surface area contributed by atoms with Crippen molar-refractivity contribution in [3.8, 4) is 0 Å². The molecule has 1 rings (SSSR count). The van der Waals surface area contributed by atoms with E-state index >= 15 is 0 Å². The molecule has 3 atom stereocenters. The topological polar surface area (TPSA) is 50.8 Å². The summed E-state index contributed by atoms with van der Waals surface area (Å²) >= 11 is 0. The van der Waals surface area contributed by atoms with Crippen molar-refractivity contribution in [2.24, 2.45) is 5.92 Å². The molecule has 0 saturated carbocycles. The fraction of sp³-hybridized carbons (Fsp3) is 0.933. The molecule has 118 valence electrons. The van der Waals surface area contributed by atoms with Gasteiger partial charge in [0.05, 0.1) is 31.5 Å². The molecule has 5 heteroatoms. The van der Waals surface area contributed by atoms with Crippen molar-refractivity contribution in [1.82, 2.24) is 10.2 Å². The van der Waals surface area contributed by atoms with Crippen molar-refractivity contribution in [3.63, 3.8) is 0 Å². The monoisotopic (exact) mass is 286 g/mol. The van der Waals surface area contributed by atoms with Gasteiger partial charge in [-0.25, -0.2) is 0 Å². The second-order valence-corrected chi connectivity index (χ2v) is 5.85. The molecule has 1 N–H and O–H groups in total. The number of hydrogen-bond donors (Lipinski definition) is 1. The zero-order valence-electron chi connectivity index (χ0n) is 13.5. The molecule has 0 aromatic heterocycles. The number of nitrogens with one attached hydrogen (secondary N) is 1. The van der Waals surface area contributed by atoms with E-state index in [9.17, 15) is 4.79 Å². The van der Waals surface area contributed by atoms with E-state index in [1.807, 2.05) is 4.90 Å². The van der Waals surface area contributed by atoms with Gasteiger partial charge in [-0.15, -0.1) is 0 Å². The van der Waals surface area contributed by atoms with Crippen LogP contribution >= 0.6 is 0 Å². The van der Waals surface area contributed by atoms with Crippen LogP contribution in [0.3, 0.4) is 0 Å². The third-order valence-corrected chi connectivity index (χ3v) is 3.85. The van der Waals surface area contributed by atoms with E-state index in [0.717, 1.165) is 19.3 Å². The van der Waals surface area contributed by atoms with Gasteiger partial charge in [0.15, 0.2) is 0 Å². The molecule has 0 aromatic carbocycles. The fourth-order valence-corrected chi connectivity index (χ4v) is 2.68. The second-order valence-electron chi connectivity index (χ2n) is 5.85. The molecule has 0 aliphatic carbocycles. The molecule has 1 fully saturated rings. The van der Waals surface area contributed by atoms with E-state index in [0.29, 0.717) is 19.1 Å². The summed E-state index contributed by atoms with van der Waals surface area (Å²) < 4.78 is 10.5. The van der Waals surface area contributed by atoms with Crippen LogP contribution in [0.25, 0.3) is 0 Å². The van der Waals surface area contributed by atoms with Crippen LogP contribution in [0.4, 0.5) is 0 Å². The number of carbonyl (C=O) groups is 1. The van der Waals surface area contributed by atoms with Gasteiger partial charge < -0.3 is 14.4 Å². The first-order valence-corrected chi connectivity index (χ1v) is 7.63. The van der Waals surface area contributed by atoms with Gasteiger partial charge in [0.1, 0.15) is 0 Å². The molecular formula is C15H30N2O3. The smallest absolute Gasteiger partial charge is 0.241 e. The lowest BCUT2D eigenvalue weighted by molar-refractivity contribution is -0.133. The van der Waals surface area contributed by atoms with Crippen molar-refractivity contribution in [2.75, 3.05) is 27.4 Å². The third-order valence-electron chi connectivity index (χ3n) is 3.85. The SMILES string of the molecule is CCCCC1NC(C(C)C)N(CC(COC)OC)C1=O. The Bertz CT molecular complexity index is 297. The highest BCUT2D eigenvalue weighted by molar-refractivity contribution is 5.84. The number of nitrogens with zero attached hydrogens (tertiary/aromatic N) is 1. The molecular weight excluding hydrogens is 256 g/mol.